The number of imide groups is 2. The number of halogens is 1. The first-order valence-corrected chi connectivity index (χ1v) is 10.1. The second kappa shape index (κ2) is 7.54. The number of carbonyl (C=O) groups is 4. The van der Waals surface area contributed by atoms with Crippen LogP contribution in [-0.4, -0.2) is 74.3 Å². The number of urea groups is 1. The molecule has 0 aromatic rings. The molecule has 4 rings (SSSR count). The molecule has 0 bridgehead atoms. The van der Waals surface area contributed by atoms with Crippen molar-refractivity contribution in [3.05, 3.63) is 23.3 Å². The number of allylic oxidation sites excluding steroid dienone is 1. The zero-order valence-corrected chi connectivity index (χ0v) is 16.8. The standard InChI is InChI=1S/C17H18IN3O7/c18-10-6-20(17(26)19-14(10)23)13-5-11(12(7-22)27-13)28-21-15(24)8-3-1-2-4-9(8)16(21)25/h1,3,10-13,22H,2,4-7H2,(H,19,23,26)/t10?,11?,12-,13-/m1/s1. The Balaban J connectivity index is 1.46. The van der Waals surface area contributed by atoms with Crippen LogP contribution in [0.25, 0.3) is 0 Å². The Hall–Kier alpha value is -1.83. The smallest absolute Gasteiger partial charge is 0.326 e. The molecular formula is C17H18IN3O7. The normalized spacial score (nSPS) is 33.1. The van der Waals surface area contributed by atoms with Gasteiger partial charge in [0.1, 0.15) is 22.4 Å². The van der Waals surface area contributed by atoms with Crippen molar-refractivity contribution in [2.75, 3.05) is 13.2 Å². The maximum Gasteiger partial charge on any atom is 0.326 e. The molecule has 2 fully saturated rings. The van der Waals surface area contributed by atoms with Gasteiger partial charge < -0.3 is 9.84 Å². The van der Waals surface area contributed by atoms with Gasteiger partial charge in [0.05, 0.1) is 12.2 Å². The summed E-state index contributed by atoms with van der Waals surface area (Å²) < 4.78 is 5.28. The second-order valence-corrected chi connectivity index (χ2v) is 8.35. The number of aliphatic hydroxyl groups excluding tert-OH is 1. The molecular weight excluding hydrogens is 485 g/mol. The van der Waals surface area contributed by atoms with E-state index < -0.39 is 46.8 Å². The number of ether oxygens (including phenoxy) is 1. The first kappa shape index (κ1) is 19.5. The molecule has 3 heterocycles. The highest BCUT2D eigenvalue weighted by Crippen LogP contribution is 2.33. The predicted molar refractivity (Wildman–Crippen MR) is 101 cm³/mol. The van der Waals surface area contributed by atoms with Crippen molar-refractivity contribution in [2.24, 2.45) is 0 Å². The van der Waals surface area contributed by atoms with Gasteiger partial charge in [0.2, 0.25) is 5.91 Å². The molecule has 0 spiro atoms. The molecule has 4 atom stereocenters. The second-order valence-electron chi connectivity index (χ2n) is 6.84. The van der Waals surface area contributed by atoms with Gasteiger partial charge in [0.25, 0.3) is 11.8 Å². The summed E-state index contributed by atoms with van der Waals surface area (Å²) in [5, 5.41) is 12.6. The number of carbonyl (C=O) groups excluding carboxylic acids is 4. The third-order valence-corrected chi connectivity index (χ3v) is 6.07. The topological polar surface area (TPSA) is 125 Å². The Bertz CT molecular complexity index is 811. The van der Waals surface area contributed by atoms with E-state index >= 15 is 0 Å². The van der Waals surface area contributed by atoms with E-state index in [0.29, 0.717) is 24.0 Å². The molecule has 0 aromatic carbocycles. The number of hydrogen-bond acceptors (Lipinski definition) is 7. The Morgan fingerprint density at radius 2 is 2.07 bits per heavy atom. The van der Waals surface area contributed by atoms with E-state index in [1.807, 2.05) is 28.7 Å². The van der Waals surface area contributed by atoms with Gasteiger partial charge in [-0.3, -0.25) is 29.4 Å². The molecule has 4 aliphatic rings. The molecule has 0 saturated carbocycles. The molecule has 0 radical (unpaired) electrons. The van der Waals surface area contributed by atoms with Gasteiger partial charge >= 0.3 is 6.03 Å². The highest BCUT2D eigenvalue weighted by molar-refractivity contribution is 14.1. The monoisotopic (exact) mass is 503 g/mol. The summed E-state index contributed by atoms with van der Waals surface area (Å²) in [7, 11) is 0. The number of nitrogens with one attached hydrogen (secondary N) is 1. The van der Waals surface area contributed by atoms with E-state index in [-0.39, 0.29) is 18.9 Å². The summed E-state index contributed by atoms with van der Waals surface area (Å²) in [6, 6.07) is -0.587. The number of aliphatic hydroxyl groups is 1. The fourth-order valence-electron chi connectivity index (χ4n) is 3.65. The molecule has 0 aromatic heterocycles. The minimum absolute atomic E-state index is 0.147. The molecule has 2 saturated heterocycles. The maximum absolute atomic E-state index is 12.5. The Labute approximate surface area is 173 Å². The van der Waals surface area contributed by atoms with Crippen molar-refractivity contribution in [2.45, 2.75) is 41.6 Å². The molecule has 10 nitrogen and oxygen atoms in total. The third-order valence-electron chi connectivity index (χ3n) is 5.11. The number of amides is 5. The number of hydroxylamine groups is 2. The van der Waals surface area contributed by atoms with Crippen LogP contribution in [0.2, 0.25) is 0 Å². The largest absolute Gasteiger partial charge is 0.394 e. The average Bonchev–Trinajstić information content (AvgIpc) is 3.20. The molecule has 1 aliphatic carbocycles. The van der Waals surface area contributed by atoms with Gasteiger partial charge in [0, 0.05) is 18.5 Å². The van der Waals surface area contributed by atoms with Crippen LogP contribution in [0.3, 0.4) is 0 Å². The summed E-state index contributed by atoms with van der Waals surface area (Å²) in [5.74, 6) is -1.41. The molecule has 2 N–H and O–H groups in total. The van der Waals surface area contributed by atoms with Crippen LogP contribution in [0.15, 0.2) is 23.3 Å². The molecule has 2 unspecified atom stereocenters. The van der Waals surface area contributed by atoms with Crippen molar-refractivity contribution in [1.82, 2.24) is 15.3 Å². The van der Waals surface area contributed by atoms with Gasteiger partial charge in [-0.25, -0.2) is 4.79 Å². The van der Waals surface area contributed by atoms with Crippen LogP contribution < -0.4 is 5.32 Å². The maximum atomic E-state index is 12.5. The lowest BCUT2D eigenvalue weighted by Gasteiger charge is -2.33. The van der Waals surface area contributed by atoms with E-state index in [9.17, 15) is 24.3 Å². The molecule has 11 heteroatoms. The Morgan fingerprint density at radius 1 is 1.29 bits per heavy atom. The highest BCUT2D eigenvalue weighted by Gasteiger charge is 2.47. The zero-order valence-electron chi connectivity index (χ0n) is 14.7. The Morgan fingerprint density at radius 3 is 2.79 bits per heavy atom. The van der Waals surface area contributed by atoms with Gasteiger partial charge in [-0.15, -0.1) is 5.06 Å². The van der Waals surface area contributed by atoms with Crippen LogP contribution in [0.1, 0.15) is 19.3 Å². The summed E-state index contributed by atoms with van der Waals surface area (Å²) >= 11 is 1.93. The van der Waals surface area contributed by atoms with Gasteiger partial charge in [-0.05, 0) is 12.8 Å². The van der Waals surface area contributed by atoms with Crippen molar-refractivity contribution < 1.29 is 33.9 Å². The zero-order chi connectivity index (χ0) is 20.0. The number of nitrogens with zero attached hydrogens (tertiary/aromatic N) is 2. The van der Waals surface area contributed by atoms with E-state index in [0.717, 1.165) is 5.06 Å². The van der Waals surface area contributed by atoms with E-state index in [4.69, 9.17) is 9.57 Å². The third kappa shape index (κ3) is 3.25. The summed E-state index contributed by atoms with van der Waals surface area (Å²) in [6.07, 6.45) is 2.38. The van der Waals surface area contributed by atoms with Crippen LogP contribution in [0.5, 0.6) is 0 Å². The lowest BCUT2D eigenvalue weighted by molar-refractivity contribution is -0.209. The highest BCUT2D eigenvalue weighted by atomic mass is 127. The fourth-order valence-corrected chi connectivity index (χ4v) is 4.23. The number of alkyl halides is 1. The average molecular weight is 503 g/mol. The van der Waals surface area contributed by atoms with Gasteiger partial charge in [-0.2, -0.15) is 0 Å². The minimum atomic E-state index is -0.822. The van der Waals surface area contributed by atoms with Crippen LogP contribution in [0, 0.1) is 0 Å². The first-order chi connectivity index (χ1) is 13.4. The molecule has 28 heavy (non-hydrogen) atoms. The lowest BCUT2D eigenvalue weighted by Crippen LogP contribution is -2.58. The van der Waals surface area contributed by atoms with Crippen molar-refractivity contribution in [3.63, 3.8) is 0 Å². The Kier molecular flexibility index (Phi) is 5.24. The van der Waals surface area contributed by atoms with Crippen LogP contribution >= 0.6 is 22.6 Å². The van der Waals surface area contributed by atoms with E-state index in [1.54, 1.807) is 6.08 Å². The summed E-state index contributed by atoms with van der Waals surface area (Å²) in [6.45, 7) is -0.254. The minimum Gasteiger partial charge on any atom is -0.394 e. The van der Waals surface area contributed by atoms with Crippen molar-refractivity contribution in [1.29, 1.82) is 0 Å². The summed E-state index contributed by atoms with van der Waals surface area (Å²) in [5.41, 5.74) is 0.749. The van der Waals surface area contributed by atoms with E-state index in [1.165, 1.54) is 4.90 Å². The van der Waals surface area contributed by atoms with Crippen LogP contribution in [-0.2, 0) is 24.0 Å². The summed E-state index contributed by atoms with van der Waals surface area (Å²) in [4.78, 5) is 55.8. The van der Waals surface area contributed by atoms with Gasteiger partial charge in [-0.1, -0.05) is 34.7 Å². The van der Waals surface area contributed by atoms with Crippen molar-refractivity contribution >= 4 is 46.3 Å². The fraction of sp³-hybridized carbons (Fsp3) is 0.529. The van der Waals surface area contributed by atoms with Crippen LogP contribution in [0.4, 0.5) is 4.79 Å². The molecule has 3 aliphatic heterocycles. The number of rotatable bonds is 4. The molecule has 5 amide bonds. The SMILES string of the molecule is O=C1NC(=O)N([C@H]2CC(ON3C(=O)C4=C(CCC=C4)C3=O)[C@@H](CO)O2)CC1I. The molecule has 150 valence electrons. The van der Waals surface area contributed by atoms with Gasteiger partial charge in [0.15, 0.2) is 0 Å². The predicted octanol–water partition coefficient (Wildman–Crippen LogP) is -0.235. The lowest BCUT2D eigenvalue weighted by atomic mass is 10.00. The van der Waals surface area contributed by atoms with Crippen molar-refractivity contribution in [3.8, 4) is 0 Å². The van der Waals surface area contributed by atoms with E-state index in [2.05, 4.69) is 5.32 Å². The number of hydrogen-bond donors (Lipinski definition) is 2. The first-order valence-electron chi connectivity index (χ1n) is 8.87. The quantitative estimate of drug-likeness (QED) is 0.309.